The van der Waals surface area contributed by atoms with Crippen molar-refractivity contribution in [2.45, 2.75) is 12.5 Å². The summed E-state index contributed by atoms with van der Waals surface area (Å²) in [5.41, 5.74) is 4.07. The molecule has 0 amide bonds. The Bertz CT molecular complexity index is 592. The smallest absolute Gasteiger partial charge is 0.129 e. The zero-order valence-electron chi connectivity index (χ0n) is 11.1. The highest BCUT2D eigenvalue weighted by Crippen LogP contribution is 2.27. The first-order valence-electron chi connectivity index (χ1n) is 6.18. The zero-order valence-corrected chi connectivity index (χ0v) is 11.8. The van der Waals surface area contributed by atoms with Gasteiger partial charge in [0, 0.05) is 10.6 Å². The van der Waals surface area contributed by atoms with Gasteiger partial charge in [0.05, 0.1) is 13.2 Å². The highest BCUT2D eigenvalue weighted by molar-refractivity contribution is 6.30. The van der Waals surface area contributed by atoms with E-state index in [2.05, 4.69) is 5.43 Å². The Morgan fingerprint density at radius 2 is 2.05 bits per heavy atom. The molecule has 3 N–H and O–H groups in total. The number of nitrogens with two attached hydrogens (primary N) is 1. The molecular weight excluding hydrogens is 279 g/mol. The lowest BCUT2D eigenvalue weighted by molar-refractivity contribution is 0.404. The number of halogens is 2. The molecule has 2 rings (SSSR count). The predicted molar refractivity (Wildman–Crippen MR) is 78.2 cm³/mol. The first-order chi connectivity index (χ1) is 9.65. The van der Waals surface area contributed by atoms with Crippen molar-refractivity contribution < 1.29 is 9.13 Å². The number of ether oxygens (including phenoxy) is 1. The average Bonchev–Trinajstić information content (AvgIpc) is 2.46. The van der Waals surface area contributed by atoms with Crippen molar-refractivity contribution in [1.82, 2.24) is 5.43 Å². The maximum absolute atomic E-state index is 14.0. The molecule has 106 valence electrons. The fourth-order valence-corrected chi connectivity index (χ4v) is 2.29. The molecule has 0 fully saturated rings. The Labute approximate surface area is 122 Å². The van der Waals surface area contributed by atoms with Gasteiger partial charge < -0.3 is 4.74 Å². The molecule has 0 spiro atoms. The lowest BCUT2D eigenvalue weighted by atomic mass is 9.98. The van der Waals surface area contributed by atoms with Crippen LogP contribution in [0.1, 0.15) is 17.2 Å². The Morgan fingerprint density at radius 1 is 1.30 bits per heavy atom. The number of rotatable bonds is 5. The van der Waals surface area contributed by atoms with Crippen LogP contribution in [-0.2, 0) is 6.42 Å². The molecule has 20 heavy (non-hydrogen) atoms. The van der Waals surface area contributed by atoms with E-state index in [0.29, 0.717) is 17.0 Å². The van der Waals surface area contributed by atoms with Crippen molar-refractivity contribution in [1.29, 1.82) is 0 Å². The number of nitrogens with one attached hydrogen (secondary N) is 1. The number of benzene rings is 2. The van der Waals surface area contributed by atoms with Gasteiger partial charge in [0.15, 0.2) is 0 Å². The van der Waals surface area contributed by atoms with Crippen molar-refractivity contribution in [2.75, 3.05) is 7.11 Å². The first kappa shape index (κ1) is 14.8. The van der Waals surface area contributed by atoms with E-state index < -0.39 is 0 Å². The third kappa shape index (κ3) is 3.28. The second kappa shape index (κ2) is 6.70. The van der Waals surface area contributed by atoms with Gasteiger partial charge in [-0.1, -0.05) is 35.9 Å². The number of hydrazine groups is 1. The predicted octanol–water partition coefficient (Wildman–Crippen LogP) is 3.23. The van der Waals surface area contributed by atoms with E-state index in [-0.39, 0.29) is 11.9 Å². The van der Waals surface area contributed by atoms with E-state index in [1.165, 1.54) is 6.07 Å². The summed E-state index contributed by atoms with van der Waals surface area (Å²) >= 11 is 5.76. The Kier molecular flexibility index (Phi) is 4.95. The lowest BCUT2D eigenvalue weighted by Gasteiger charge is -2.18. The van der Waals surface area contributed by atoms with Crippen LogP contribution in [0.3, 0.4) is 0 Å². The molecule has 0 aliphatic heterocycles. The van der Waals surface area contributed by atoms with Gasteiger partial charge in [0.2, 0.25) is 0 Å². The largest absolute Gasteiger partial charge is 0.496 e. The van der Waals surface area contributed by atoms with Crippen LogP contribution in [0, 0.1) is 5.82 Å². The van der Waals surface area contributed by atoms with Gasteiger partial charge in [-0.25, -0.2) is 4.39 Å². The van der Waals surface area contributed by atoms with E-state index in [9.17, 15) is 4.39 Å². The lowest BCUT2D eigenvalue weighted by Crippen LogP contribution is -2.30. The average molecular weight is 295 g/mol. The molecule has 2 aromatic carbocycles. The topological polar surface area (TPSA) is 47.3 Å². The van der Waals surface area contributed by atoms with E-state index in [1.54, 1.807) is 19.2 Å². The summed E-state index contributed by atoms with van der Waals surface area (Å²) in [6, 6.07) is 11.8. The van der Waals surface area contributed by atoms with Crippen LogP contribution in [0.4, 0.5) is 4.39 Å². The van der Waals surface area contributed by atoms with Crippen LogP contribution in [0.25, 0.3) is 0 Å². The summed E-state index contributed by atoms with van der Waals surface area (Å²) in [6.07, 6.45) is 0.513. The van der Waals surface area contributed by atoms with E-state index in [4.69, 9.17) is 22.2 Å². The quantitative estimate of drug-likeness (QED) is 0.657. The second-order valence-electron chi connectivity index (χ2n) is 4.40. The van der Waals surface area contributed by atoms with Crippen molar-refractivity contribution in [3.8, 4) is 5.75 Å². The Balaban J connectivity index is 2.29. The summed E-state index contributed by atoms with van der Waals surface area (Å²) in [5.74, 6) is 5.93. The Morgan fingerprint density at radius 3 is 2.70 bits per heavy atom. The summed E-state index contributed by atoms with van der Waals surface area (Å²) in [7, 11) is 1.60. The molecule has 0 aliphatic carbocycles. The minimum atomic E-state index is -0.379. The molecular formula is C15H16ClFN2O. The molecule has 1 unspecified atom stereocenters. The van der Waals surface area contributed by atoms with Gasteiger partial charge in [0.25, 0.3) is 0 Å². The van der Waals surface area contributed by atoms with E-state index in [0.717, 1.165) is 11.3 Å². The molecule has 3 nitrogen and oxygen atoms in total. The standard InChI is InChI=1S/C15H16ClFN2O/c1-20-15-5-3-2-4-10(15)8-14(19-18)12-7-6-11(16)9-13(12)17/h2-7,9,14,19H,8,18H2,1H3. The van der Waals surface area contributed by atoms with Crippen LogP contribution in [-0.4, -0.2) is 7.11 Å². The summed E-state index contributed by atoms with van der Waals surface area (Å²) in [6.45, 7) is 0. The number of hydrogen-bond donors (Lipinski definition) is 2. The normalized spacial score (nSPS) is 12.2. The van der Waals surface area contributed by atoms with Crippen LogP contribution >= 0.6 is 11.6 Å². The van der Waals surface area contributed by atoms with E-state index in [1.807, 2.05) is 24.3 Å². The minimum Gasteiger partial charge on any atom is -0.496 e. The SMILES string of the molecule is COc1ccccc1CC(NN)c1ccc(Cl)cc1F. The van der Waals surface area contributed by atoms with Gasteiger partial charge in [-0.3, -0.25) is 11.3 Å². The molecule has 0 aliphatic rings. The minimum absolute atomic E-state index is 0.358. The molecule has 0 heterocycles. The molecule has 1 atom stereocenters. The third-order valence-corrected chi connectivity index (χ3v) is 3.39. The van der Waals surface area contributed by atoms with Gasteiger partial charge in [0.1, 0.15) is 11.6 Å². The summed E-state index contributed by atoms with van der Waals surface area (Å²) in [4.78, 5) is 0. The summed E-state index contributed by atoms with van der Waals surface area (Å²) in [5, 5.41) is 0.360. The number of para-hydroxylation sites is 1. The fourth-order valence-electron chi connectivity index (χ4n) is 2.13. The van der Waals surface area contributed by atoms with E-state index >= 15 is 0 Å². The van der Waals surface area contributed by atoms with Crippen LogP contribution < -0.4 is 16.0 Å². The number of hydrogen-bond acceptors (Lipinski definition) is 3. The van der Waals surface area contributed by atoms with Crippen LogP contribution in [0.2, 0.25) is 5.02 Å². The molecule has 2 aromatic rings. The Hall–Kier alpha value is -1.62. The zero-order chi connectivity index (χ0) is 14.5. The molecule has 0 saturated heterocycles. The molecule has 0 bridgehead atoms. The monoisotopic (exact) mass is 294 g/mol. The molecule has 0 aromatic heterocycles. The summed E-state index contributed by atoms with van der Waals surface area (Å²) < 4.78 is 19.3. The van der Waals surface area contributed by atoms with Gasteiger partial charge in [-0.2, -0.15) is 0 Å². The van der Waals surface area contributed by atoms with Crippen LogP contribution in [0.15, 0.2) is 42.5 Å². The van der Waals surface area contributed by atoms with Crippen molar-refractivity contribution in [3.05, 3.63) is 64.4 Å². The van der Waals surface area contributed by atoms with Crippen molar-refractivity contribution in [2.24, 2.45) is 5.84 Å². The molecule has 0 radical (unpaired) electrons. The molecule has 5 heteroatoms. The van der Waals surface area contributed by atoms with Crippen LogP contribution in [0.5, 0.6) is 5.75 Å². The van der Waals surface area contributed by atoms with Gasteiger partial charge >= 0.3 is 0 Å². The highest BCUT2D eigenvalue weighted by Gasteiger charge is 2.17. The molecule has 0 saturated carbocycles. The van der Waals surface area contributed by atoms with Gasteiger partial charge in [-0.15, -0.1) is 0 Å². The first-order valence-corrected chi connectivity index (χ1v) is 6.56. The van der Waals surface area contributed by atoms with Crippen molar-refractivity contribution >= 4 is 11.6 Å². The van der Waals surface area contributed by atoms with Gasteiger partial charge in [-0.05, 0) is 30.2 Å². The number of methoxy groups -OCH3 is 1. The highest BCUT2D eigenvalue weighted by atomic mass is 35.5. The fraction of sp³-hybridized carbons (Fsp3) is 0.200. The maximum Gasteiger partial charge on any atom is 0.129 e. The maximum atomic E-state index is 14.0. The third-order valence-electron chi connectivity index (χ3n) is 3.16. The van der Waals surface area contributed by atoms with Crippen molar-refractivity contribution in [3.63, 3.8) is 0 Å². The second-order valence-corrected chi connectivity index (χ2v) is 4.84.